The summed E-state index contributed by atoms with van der Waals surface area (Å²) in [6.07, 6.45) is 0.751. The molecule has 0 aliphatic heterocycles. The summed E-state index contributed by atoms with van der Waals surface area (Å²) in [6, 6.07) is -1.57. The van der Waals surface area contributed by atoms with Crippen LogP contribution in [0, 0.1) is 0 Å². The van der Waals surface area contributed by atoms with Crippen LogP contribution in [0.5, 0.6) is 0 Å². The van der Waals surface area contributed by atoms with Gasteiger partial charge in [-0.05, 0) is 19.3 Å². The quantitative estimate of drug-likeness (QED) is 0.440. The topological polar surface area (TPSA) is 133 Å². The molecule has 0 amide bonds. The van der Waals surface area contributed by atoms with E-state index in [-0.39, 0.29) is 12.5 Å². The standard InChI is InChI=1S/C8H14N2O6S/c11-7(12)4-3-6(8(13)14)10-17(15,16)9-5-1-2-5/h5-6,9-10H,1-4H2,(H,11,12)(H,13,14). The molecule has 0 spiro atoms. The Balaban J connectivity index is 2.52. The highest BCUT2D eigenvalue weighted by Crippen LogP contribution is 2.19. The number of rotatable bonds is 8. The molecule has 0 aromatic rings. The van der Waals surface area contributed by atoms with Gasteiger partial charge in [0.15, 0.2) is 0 Å². The van der Waals surface area contributed by atoms with Gasteiger partial charge in [0.1, 0.15) is 6.04 Å². The number of aliphatic carboxylic acids is 2. The van der Waals surface area contributed by atoms with Crippen LogP contribution in [0.4, 0.5) is 0 Å². The van der Waals surface area contributed by atoms with Crippen molar-refractivity contribution in [1.82, 2.24) is 9.44 Å². The van der Waals surface area contributed by atoms with E-state index in [1.165, 1.54) is 0 Å². The third-order valence-electron chi connectivity index (χ3n) is 2.14. The maximum atomic E-state index is 11.4. The highest BCUT2D eigenvalue weighted by atomic mass is 32.2. The Kier molecular flexibility index (Phi) is 4.43. The van der Waals surface area contributed by atoms with Crippen molar-refractivity contribution in [3.05, 3.63) is 0 Å². The number of nitrogens with one attached hydrogen (secondary N) is 2. The maximum Gasteiger partial charge on any atom is 0.321 e. The second-order valence-corrected chi connectivity index (χ2v) is 5.31. The van der Waals surface area contributed by atoms with Crippen LogP contribution in [-0.4, -0.2) is 42.7 Å². The van der Waals surface area contributed by atoms with E-state index < -0.39 is 34.6 Å². The highest BCUT2D eigenvalue weighted by molar-refractivity contribution is 7.87. The molecule has 1 unspecified atom stereocenters. The number of carboxylic acid groups (broad SMARTS) is 2. The molecule has 1 atom stereocenters. The minimum absolute atomic E-state index is 0.138. The minimum Gasteiger partial charge on any atom is -0.481 e. The van der Waals surface area contributed by atoms with Crippen molar-refractivity contribution < 1.29 is 28.2 Å². The Morgan fingerprint density at radius 1 is 1.29 bits per heavy atom. The number of hydrogen-bond acceptors (Lipinski definition) is 4. The first kappa shape index (κ1) is 13.9. The first-order valence-electron chi connectivity index (χ1n) is 5.04. The molecule has 8 nitrogen and oxygen atoms in total. The van der Waals surface area contributed by atoms with Gasteiger partial charge in [0.25, 0.3) is 10.2 Å². The number of carboxylic acids is 2. The molecule has 1 saturated carbocycles. The molecule has 0 heterocycles. The Labute approximate surface area is 98.2 Å². The van der Waals surface area contributed by atoms with E-state index in [4.69, 9.17) is 10.2 Å². The van der Waals surface area contributed by atoms with Crippen molar-refractivity contribution >= 4 is 22.1 Å². The van der Waals surface area contributed by atoms with Crippen LogP contribution in [0.2, 0.25) is 0 Å². The Morgan fingerprint density at radius 2 is 1.88 bits per heavy atom. The second-order valence-electron chi connectivity index (χ2n) is 3.84. The smallest absolute Gasteiger partial charge is 0.321 e. The van der Waals surface area contributed by atoms with E-state index in [0.29, 0.717) is 0 Å². The van der Waals surface area contributed by atoms with Gasteiger partial charge in [-0.15, -0.1) is 0 Å². The van der Waals surface area contributed by atoms with Crippen LogP contribution < -0.4 is 9.44 Å². The Bertz CT molecular complexity index is 402. The lowest BCUT2D eigenvalue weighted by Crippen LogP contribution is -2.47. The lowest BCUT2D eigenvalue weighted by atomic mass is 10.2. The molecule has 1 rings (SSSR count). The molecule has 0 bridgehead atoms. The Morgan fingerprint density at radius 3 is 2.29 bits per heavy atom. The number of hydrogen-bond donors (Lipinski definition) is 4. The molecule has 0 aromatic carbocycles. The molecule has 1 fully saturated rings. The first-order valence-corrected chi connectivity index (χ1v) is 6.52. The van der Waals surface area contributed by atoms with Gasteiger partial charge in [-0.1, -0.05) is 0 Å². The summed E-state index contributed by atoms with van der Waals surface area (Å²) in [4.78, 5) is 21.0. The summed E-state index contributed by atoms with van der Waals surface area (Å²) in [5.74, 6) is -2.57. The second kappa shape index (κ2) is 5.43. The van der Waals surface area contributed by atoms with Gasteiger partial charge in [-0.3, -0.25) is 9.59 Å². The van der Waals surface area contributed by atoms with Crippen molar-refractivity contribution in [2.24, 2.45) is 0 Å². The van der Waals surface area contributed by atoms with Gasteiger partial charge in [-0.2, -0.15) is 17.9 Å². The van der Waals surface area contributed by atoms with Crippen molar-refractivity contribution in [1.29, 1.82) is 0 Å². The first-order chi connectivity index (χ1) is 7.80. The van der Waals surface area contributed by atoms with Crippen LogP contribution in [0.1, 0.15) is 25.7 Å². The SMILES string of the molecule is O=C(O)CCC(NS(=O)(=O)NC1CC1)C(=O)O. The molecule has 1 aliphatic carbocycles. The van der Waals surface area contributed by atoms with Crippen molar-refractivity contribution in [3.63, 3.8) is 0 Å². The molecule has 0 aromatic heterocycles. The van der Waals surface area contributed by atoms with E-state index in [1.807, 2.05) is 4.72 Å². The van der Waals surface area contributed by atoms with Gasteiger partial charge in [0.2, 0.25) is 0 Å². The van der Waals surface area contributed by atoms with E-state index in [0.717, 1.165) is 12.8 Å². The Hall–Kier alpha value is -1.19. The largest absolute Gasteiger partial charge is 0.481 e. The van der Waals surface area contributed by atoms with E-state index in [9.17, 15) is 18.0 Å². The fourth-order valence-electron chi connectivity index (χ4n) is 1.14. The fourth-order valence-corrected chi connectivity index (χ4v) is 2.48. The molecule has 1 aliphatic rings. The van der Waals surface area contributed by atoms with E-state index >= 15 is 0 Å². The van der Waals surface area contributed by atoms with Crippen LogP contribution >= 0.6 is 0 Å². The van der Waals surface area contributed by atoms with Crippen LogP contribution in [0.15, 0.2) is 0 Å². The minimum atomic E-state index is -3.88. The molecule has 98 valence electrons. The summed E-state index contributed by atoms with van der Waals surface area (Å²) in [5.41, 5.74) is 0. The summed E-state index contributed by atoms with van der Waals surface area (Å²) in [5, 5.41) is 17.2. The number of carbonyl (C=O) groups is 2. The van der Waals surface area contributed by atoms with Crippen LogP contribution in [0.25, 0.3) is 0 Å². The van der Waals surface area contributed by atoms with Crippen molar-refractivity contribution in [3.8, 4) is 0 Å². The zero-order valence-corrected chi connectivity index (χ0v) is 9.74. The third-order valence-corrected chi connectivity index (χ3v) is 3.38. The zero-order valence-electron chi connectivity index (χ0n) is 8.92. The monoisotopic (exact) mass is 266 g/mol. The summed E-state index contributed by atoms with van der Waals surface area (Å²) in [6.45, 7) is 0. The van der Waals surface area contributed by atoms with Crippen molar-refractivity contribution in [2.75, 3.05) is 0 Å². The summed E-state index contributed by atoms with van der Waals surface area (Å²) < 4.78 is 27.0. The highest BCUT2D eigenvalue weighted by Gasteiger charge is 2.30. The lowest BCUT2D eigenvalue weighted by molar-refractivity contribution is -0.140. The van der Waals surface area contributed by atoms with Gasteiger partial charge in [0.05, 0.1) is 0 Å². The van der Waals surface area contributed by atoms with E-state index in [1.54, 1.807) is 0 Å². The normalized spacial score (nSPS) is 17.6. The summed E-state index contributed by atoms with van der Waals surface area (Å²) in [7, 11) is -3.88. The maximum absolute atomic E-state index is 11.4. The van der Waals surface area contributed by atoms with Gasteiger partial charge in [0, 0.05) is 12.5 Å². The van der Waals surface area contributed by atoms with E-state index in [2.05, 4.69) is 4.72 Å². The van der Waals surface area contributed by atoms with Crippen molar-refractivity contribution in [2.45, 2.75) is 37.8 Å². The average molecular weight is 266 g/mol. The molecule has 17 heavy (non-hydrogen) atoms. The fraction of sp³-hybridized carbons (Fsp3) is 0.750. The van der Waals surface area contributed by atoms with Crippen LogP contribution in [0.3, 0.4) is 0 Å². The van der Waals surface area contributed by atoms with Gasteiger partial charge < -0.3 is 10.2 Å². The van der Waals surface area contributed by atoms with Gasteiger partial charge >= 0.3 is 11.9 Å². The average Bonchev–Trinajstić information content (AvgIpc) is 2.94. The molecule has 0 saturated heterocycles. The molecule has 9 heteroatoms. The zero-order chi connectivity index (χ0) is 13.1. The predicted octanol–water partition coefficient (Wildman–Crippen LogP) is -1.11. The third kappa shape index (κ3) is 5.61. The molecular weight excluding hydrogens is 252 g/mol. The molecular formula is C8H14N2O6S. The lowest BCUT2D eigenvalue weighted by Gasteiger charge is -2.14. The van der Waals surface area contributed by atoms with Crippen LogP contribution in [-0.2, 0) is 19.8 Å². The molecule has 0 radical (unpaired) electrons. The van der Waals surface area contributed by atoms with Gasteiger partial charge in [-0.25, -0.2) is 0 Å². The predicted molar refractivity (Wildman–Crippen MR) is 56.5 cm³/mol. The summed E-state index contributed by atoms with van der Waals surface area (Å²) >= 11 is 0. The molecule has 4 N–H and O–H groups in total.